The normalized spacial score (nSPS) is 10.4. The molecule has 3 nitrogen and oxygen atoms in total. The Hall–Kier alpha value is -1.91. The Balaban J connectivity index is 2.07. The Morgan fingerprint density at radius 2 is 2.19 bits per heavy atom. The highest BCUT2D eigenvalue weighted by molar-refractivity contribution is 5.45. The molecular formula is C11H11F2N3. The third kappa shape index (κ3) is 2.18. The Morgan fingerprint density at radius 1 is 1.38 bits per heavy atom. The maximum atomic E-state index is 13.3. The van der Waals surface area contributed by atoms with E-state index in [1.54, 1.807) is 17.9 Å². The van der Waals surface area contributed by atoms with Crippen LogP contribution in [0.15, 0.2) is 30.6 Å². The van der Waals surface area contributed by atoms with Crippen molar-refractivity contribution < 1.29 is 8.78 Å². The molecule has 1 aromatic carbocycles. The number of aryl methyl sites for hydroxylation is 1. The van der Waals surface area contributed by atoms with Crippen molar-refractivity contribution in [2.45, 2.75) is 6.54 Å². The molecule has 1 heterocycles. The molecule has 16 heavy (non-hydrogen) atoms. The van der Waals surface area contributed by atoms with Crippen molar-refractivity contribution in [1.29, 1.82) is 0 Å². The second kappa shape index (κ2) is 4.30. The van der Waals surface area contributed by atoms with Gasteiger partial charge in [-0.25, -0.2) is 8.78 Å². The number of benzene rings is 1. The lowest BCUT2D eigenvalue weighted by atomic mass is 10.2. The van der Waals surface area contributed by atoms with Gasteiger partial charge in [-0.3, -0.25) is 4.68 Å². The molecule has 0 amide bonds. The van der Waals surface area contributed by atoms with Crippen LogP contribution in [0, 0.1) is 11.6 Å². The van der Waals surface area contributed by atoms with Gasteiger partial charge in [-0.05, 0) is 12.1 Å². The van der Waals surface area contributed by atoms with Crippen LogP contribution in [0.25, 0.3) is 0 Å². The van der Waals surface area contributed by atoms with E-state index in [0.29, 0.717) is 6.54 Å². The zero-order chi connectivity index (χ0) is 11.5. The Bertz CT molecular complexity index is 494. The second-order valence-electron chi connectivity index (χ2n) is 3.48. The first-order valence-corrected chi connectivity index (χ1v) is 4.82. The quantitative estimate of drug-likeness (QED) is 0.865. The second-order valence-corrected chi connectivity index (χ2v) is 3.48. The first-order valence-electron chi connectivity index (χ1n) is 4.82. The maximum absolute atomic E-state index is 13.3. The molecule has 2 aromatic rings. The van der Waals surface area contributed by atoms with Crippen LogP contribution in [0.4, 0.5) is 14.5 Å². The summed E-state index contributed by atoms with van der Waals surface area (Å²) in [5.41, 5.74) is 1.06. The van der Waals surface area contributed by atoms with Gasteiger partial charge >= 0.3 is 0 Å². The number of hydrogen-bond donors (Lipinski definition) is 1. The third-order valence-electron chi connectivity index (χ3n) is 2.19. The van der Waals surface area contributed by atoms with E-state index in [-0.39, 0.29) is 5.69 Å². The molecule has 0 saturated carbocycles. The molecule has 5 heteroatoms. The van der Waals surface area contributed by atoms with Crippen LogP contribution in [0.2, 0.25) is 0 Å². The number of hydrogen-bond acceptors (Lipinski definition) is 2. The highest BCUT2D eigenvalue weighted by atomic mass is 19.2. The minimum absolute atomic E-state index is 0.156. The largest absolute Gasteiger partial charge is 0.378 e. The van der Waals surface area contributed by atoms with Crippen LogP contribution < -0.4 is 5.32 Å². The molecule has 2 rings (SSSR count). The Kier molecular flexibility index (Phi) is 2.85. The zero-order valence-corrected chi connectivity index (χ0v) is 8.74. The van der Waals surface area contributed by atoms with Crippen molar-refractivity contribution in [2.24, 2.45) is 7.05 Å². The van der Waals surface area contributed by atoms with Gasteiger partial charge in [0.25, 0.3) is 0 Å². The highest BCUT2D eigenvalue weighted by Crippen LogP contribution is 2.17. The van der Waals surface area contributed by atoms with Crippen LogP contribution in [0.5, 0.6) is 0 Å². The predicted molar refractivity (Wildman–Crippen MR) is 56.9 cm³/mol. The standard InChI is InChI=1S/C11H11F2N3/c1-16-7-8(6-15-16)5-14-10-4-2-3-9(12)11(10)13/h2-4,6-7,14H,5H2,1H3. The van der Waals surface area contributed by atoms with Crippen LogP contribution in [0.3, 0.4) is 0 Å². The van der Waals surface area contributed by atoms with Crippen LogP contribution >= 0.6 is 0 Å². The number of halogens is 2. The third-order valence-corrected chi connectivity index (χ3v) is 2.19. The van der Waals surface area contributed by atoms with Gasteiger partial charge in [0, 0.05) is 25.4 Å². The summed E-state index contributed by atoms with van der Waals surface area (Å²) in [5, 5.41) is 6.79. The average Bonchev–Trinajstić information content (AvgIpc) is 2.67. The minimum atomic E-state index is -0.855. The fraction of sp³-hybridized carbons (Fsp3) is 0.182. The molecule has 0 aliphatic carbocycles. The summed E-state index contributed by atoms with van der Waals surface area (Å²) >= 11 is 0. The van der Waals surface area contributed by atoms with Crippen molar-refractivity contribution >= 4 is 5.69 Å². The van der Waals surface area contributed by atoms with E-state index < -0.39 is 11.6 Å². The fourth-order valence-electron chi connectivity index (χ4n) is 1.40. The van der Waals surface area contributed by atoms with Crippen molar-refractivity contribution in [3.8, 4) is 0 Å². The molecule has 0 atom stereocenters. The summed E-state index contributed by atoms with van der Waals surface area (Å²) < 4.78 is 27.8. The maximum Gasteiger partial charge on any atom is 0.181 e. The van der Waals surface area contributed by atoms with Crippen LogP contribution in [-0.2, 0) is 13.6 Å². The fourth-order valence-corrected chi connectivity index (χ4v) is 1.40. The number of anilines is 1. The Morgan fingerprint density at radius 3 is 2.88 bits per heavy atom. The van der Waals surface area contributed by atoms with Gasteiger partial charge in [-0.15, -0.1) is 0 Å². The molecule has 0 saturated heterocycles. The molecule has 0 spiro atoms. The molecular weight excluding hydrogens is 212 g/mol. The zero-order valence-electron chi connectivity index (χ0n) is 8.74. The van der Waals surface area contributed by atoms with E-state index in [1.165, 1.54) is 12.1 Å². The first-order chi connectivity index (χ1) is 7.66. The lowest BCUT2D eigenvalue weighted by Gasteiger charge is -2.06. The van der Waals surface area contributed by atoms with Crippen molar-refractivity contribution in [1.82, 2.24) is 9.78 Å². The van der Waals surface area contributed by atoms with Crippen molar-refractivity contribution in [2.75, 3.05) is 5.32 Å². The molecule has 0 unspecified atom stereocenters. The summed E-state index contributed by atoms with van der Waals surface area (Å²) in [6.45, 7) is 0.411. The number of rotatable bonds is 3. The van der Waals surface area contributed by atoms with Crippen molar-refractivity contribution in [3.63, 3.8) is 0 Å². The van der Waals surface area contributed by atoms with Gasteiger partial charge in [-0.2, -0.15) is 5.10 Å². The summed E-state index contributed by atoms with van der Waals surface area (Å²) in [6.07, 6.45) is 3.48. The monoisotopic (exact) mass is 223 g/mol. The molecule has 1 N–H and O–H groups in total. The van der Waals surface area contributed by atoms with Crippen LogP contribution in [-0.4, -0.2) is 9.78 Å². The summed E-state index contributed by atoms with van der Waals surface area (Å²) in [7, 11) is 1.80. The van der Waals surface area contributed by atoms with E-state index >= 15 is 0 Å². The number of nitrogens with one attached hydrogen (secondary N) is 1. The topological polar surface area (TPSA) is 29.9 Å². The smallest absolute Gasteiger partial charge is 0.181 e. The summed E-state index contributed by atoms with van der Waals surface area (Å²) in [4.78, 5) is 0. The SMILES string of the molecule is Cn1cc(CNc2cccc(F)c2F)cn1. The van der Waals surface area contributed by atoms with Gasteiger partial charge < -0.3 is 5.32 Å². The molecule has 0 bridgehead atoms. The number of nitrogens with zero attached hydrogens (tertiary/aromatic N) is 2. The first kappa shape index (κ1) is 10.6. The van der Waals surface area contributed by atoms with Gasteiger partial charge in [-0.1, -0.05) is 6.07 Å². The molecule has 0 aliphatic heterocycles. The van der Waals surface area contributed by atoms with Gasteiger partial charge in [0.15, 0.2) is 11.6 Å². The summed E-state index contributed by atoms with van der Waals surface area (Å²) in [6, 6.07) is 4.04. The predicted octanol–water partition coefficient (Wildman–Crippen LogP) is 2.31. The minimum Gasteiger partial charge on any atom is -0.378 e. The van der Waals surface area contributed by atoms with E-state index in [1.807, 2.05) is 6.20 Å². The molecule has 84 valence electrons. The van der Waals surface area contributed by atoms with Crippen molar-refractivity contribution in [3.05, 3.63) is 47.8 Å². The summed E-state index contributed by atoms with van der Waals surface area (Å²) in [5.74, 6) is -1.71. The highest BCUT2D eigenvalue weighted by Gasteiger charge is 2.06. The lowest BCUT2D eigenvalue weighted by molar-refractivity contribution is 0.511. The Labute approximate surface area is 91.7 Å². The van der Waals surface area contributed by atoms with Gasteiger partial charge in [0.05, 0.1) is 11.9 Å². The van der Waals surface area contributed by atoms with Gasteiger partial charge in [0.2, 0.25) is 0 Å². The number of aromatic nitrogens is 2. The lowest BCUT2D eigenvalue weighted by Crippen LogP contribution is -2.01. The average molecular weight is 223 g/mol. The van der Waals surface area contributed by atoms with E-state index in [4.69, 9.17) is 0 Å². The van der Waals surface area contributed by atoms with Gasteiger partial charge in [0.1, 0.15) is 0 Å². The molecule has 0 radical (unpaired) electrons. The molecule has 0 aliphatic rings. The van der Waals surface area contributed by atoms with E-state index in [9.17, 15) is 8.78 Å². The van der Waals surface area contributed by atoms with E-state index in [2.05, 4.69) is 10.4 Å². The molecule has 1 aromatic heterocycles. The van der Waals surface area contributed by atoms with E-state index in [0.717, 1.165) is 11.6 Å². The van der Waals surface area contributed by atoms with Crippen LogP contribution in [0.1, 0.15) is 5.56 Å². The molecule has 0 fully saturated rings.